The van der Waals surface area contributed by atoms with Gasteiger partial charge in [0, 0.05) is 30.3 Å². The van der Waals surface area contributed by atoms with E-state index in [1.165, 1.54) is 42.8 Å². The van der Waals surface area contributed by atoms with E-state index in [9.17, 15) is 13.2 Å². The molecule has 1 N–H and O–H groups in total. The van der Waals surface area contributed by atoms with Crippen molar-refractivity contribution >= 4 is 21.9 Å². The number of hydrogen-bond acceptors (Lipinski definition) is 8. The Balaban J connectivity index is 1.46. The van der Waals surface area contributed by atoms with Crippen molar-refractivity contribution in [1.82, 2.24) is 14.5 Å². The summed E-state index contributed by atoms with van der Waals surface area (Å²) in [4.78, 5) is 12.8. The maximum absolute atomic E-state index is 12.9. The van der Waals surface area contributed by atoms with Gasteiger partial charge in [0.1, 0.15) is 11.5 Å². The van der Waals surface area contributed by atoms with Gasteiger partial charge in [0.15, 0.2) is 0 Å². The van der Waals surface area contributed by atoms with E-state index in [-0.39, 0.29) is 22.4 Å². The SMILES string of the molecule is COc1cc(OC)cc(-c2nnc(NC(=O)c3ccc(S(=O)(=O)N4CCC[C@@H](C)C4)cc3)o2)c1. The van der Waals surface area contributed by atoms with Gasteiger partial charge in [0.2, 0.25) is 15.9 Å². The summed E-state index contributed by atoms with van der Waals surface area (Å²) < 4.78 is 43.4. The second kappa shape index (κ2) is 9.82. The number of ether oxygens (including phenoxy) is 2. The highest BCUT2D eigenvalue weighted by atomic mass is 32.2. The molecule has 0 spiro atoms. The zero-order valence-electron chi connectivity index (χ0n) is 19.1. The van der Waals surface area contributed by atoms with Gasteiger partial charge >= 0.3 is 6.01 Å². The number of carbonyl (C=O) groups excluding carboxylic acids is 1. The highest BCUT2D eigenvalue weighted by molar-refractivity contribution is 7.89. The molecule has 2 heterocycles. The lowest BCUT2D eigenvalue weighted by atomic mass is 10.0. The minimum absolute atomic E-state index is 0.0965. The molecule has 0 unspecified atom stereocenters. The molecule has 0 saturated carbocycles. The van der Waals surface area contributed by atoms with Crippen molar-refractivity contribution < 1.29 is 27.1 Å². The number of piperidine rings is 1. The predicted octanol–water partition coefficient (Wildman–Crippen LogP) is 3.43. The Morgan fingerprint density at radius 2 is 1.76 bits per heavy atom. The molecular weight excluding hydrogens is 460 g/mol. The number of rotatable bonds is 7. The fourth-order valence-corrected chi connectivity index (χ4v) is 5.38. The highest BCUT2D eigenvalue weighted by Crippen LogP contribution is 2.30. The van der Waals surface area contributed by atoms with Crippen molar-refractivity contribution in [2.75, 3.05) is 32.6 Å². The van der Waals surface area contributed by atoms with Crippen LogP contribution in [0.3, 0.4) is 0 Å². The summed E-state index contributed by atoms with van der Waals surface area (Å²) >= 11 is 0. The lowest BCUT2D eigenvalue weighted by Gasteiger charge is -2.30. The van der Waals surface area contributed by atoms with E-state index in [2.05, 4.69) is 15.5 Å². The number of aromatic nitrogens is 2. The van der Waals surface area contributed by atoms with Crippen LogP contribution in [-0.2, 0) is 10.0 Å². The molecule has 4 rings (SSSR count). The lowest BCUT2D eigenvalue weighted by Crippen LogP contribution is -2.39. The average molecular weight is 487 g/mol. The quantitative estimate of drug-likeness (QED) is 0.539. The van der Waals surface area contributed by atoms with Gasteiger partial charge < -0.3 is 13.9 Å². The number of benzene rings is 2. The molecule has 180 valence electrons. The van der Waals surface area contributed by atoms with E-state index in [1.54, 1.807) is 18.2 Å². The Morgan fingerprint density at radius 3 is 2.38 bits per heavy atom. The third-order valence-corrected chi connectivity index (χ3v) is 7.50. The van der Waals surface area contributed by atoms with Crippen LogP contribution in [0.2, 0.25) is 0 Å². The first-order valence-corrected chi connectivity index (χ1v) is 12.2. The van der Waals surface area contributed by atoms with Crippen molar-refractivity contribution in [3.8, 4) is 23.0 Å². The molecule has 1 aliphatic rings. The molecule has 34 heavy (non-hydrogen) atoms. The van der Waals surface area contributed by atoms with Gasteiger partial charge in [-0.05, 0) is 55.2 Å². The maximum Gasteiger partial charge on any atom is 0.322 e. The second-order valence-corrected chi connectivity index (χ2v) is 10.0. The number of sulfonamides is 1. The molecule has 1 atom stereocenters. The monoisotopic (exact) mass is 486 g/mol. The van der Waals surface area contributed by atoms with Gasteiger partial charge in [-0.25, -0.2) is 8.42 Å². The number of methoxy groups -OCH3 is 2. The van der Waals surface area contributed by atoms with Crippen molar-refractivity contribution in [2.24, 2.45) is 5.92 Å². The summed E-state index contributed by atoms with van der Waals surface area (Å²) in [5, 5.41) is 10.4. The molecule has 1 fully saturated rings. The van der Waals surface area contributed by atoms with Crippen LogP contribution in [0.5, 0.6) is 11.5 Å². The molecule has 0 aliphatic carbocycles. The predicted molar refractivity (Wildman–Crippen MR) is 124 cm³/mol. The zero-order valence-corrected chi connectivity index (χ0v) is 20.0. The van der Waals surface area contributed by atoms with Crippen molar-refractivity contribution in [1.29, 1.82) is 0 Å². The fourth-order valence-electron chi connectivity index (χ4n) is 3.78. The number of nitrogens with one attached hydrogen (secondary N) is 1. The van der Waals surface area contributed by atoms with Crippen LogP contribution in [0.25, 0.3) is 11.5 Å². The molecule has 1 aliphatic heterocycles. The molecule has 11 heteroatoms. The molecule has 1 amide bonds. The van der Waals surface area contributed by atoms with Crippen LogP contribution < -0.4 is 14.8 Å². The summed E-state index contributed by atoms with van der Waals surface area (Å²) in [5.74, 6) is 1.09. The third-order valence-electron chi connectivity index (χ3n) is 5.62. The molecular formula is C23H26N4O6S. The Kier molecular flexibility index (Phi) is 6.85. The molecule has 0 bridgehead atoms. The normalized spacial score (nSPS) is 16.7. The van der Waals surface area contributed by atoms with E-state index in [1.807, 2.05) is 6.92 Å². The van der Waals surface area contributed by atoms with Gasteiger partial charge in [-0.2, -0.15) is 4.31 Å². The minimum atomic E-state index is -3.59. The Morgan fingerprint density at radius 1 is 1.09 bits per heavy atom. The smallest absolute Gasteiger partial charge is 0.322 e. The number of hydrogen-bond donors (Lipinski definition) is 1. The molecule has 1 aromatic heterocycles. The molecule has 10 nitrogen and oxygen atoms in total. The van der Waals surface area contributed by atoms with E-state index >= 15 is 0 Å². The van der Waals surface area contributed by atoms with Gasteiger partial charge in [-0.1, -0.05) is 12.0 Å². The fraction of sp³-hybridized carbons (Fsp3) is 0.348. The van der Waals surface area contributed by atoms with Crippen LogP contribution in [0.1, 0.15) is 30.1 Å². The topological polar surface area (TPSA) is 124 Å². The standard InChI is InChI=1S/C23H26N4O6S/c1-15-5-4-10-27(14-15)34(29,30)20-8-6-16(7-9-20)21(28)24-23-26-25-22(33-23)17-11-18(31-2)13-19(12-17)32-3/h6-9,11-13,15H,4-5,10,14H2,1-3H3,(H,24,26,28)/t15-/m1/s1. The molecule has 3 aromatic rings. The van der Waals surface area contributed by atoms with Gasteiger partial charge in [0.25, 0.3) is 5.91 Å². The van der Waals surface area contributed by atoms with Crippen molar-refractivity contribution in [3.05, 3.63) is 48.0 Å². The van der Waals surface area contributed by atoms with Crippen LogP contribution >= 0.6 is 0 Å². The summed E-state index contributed by atoms with van der Waals surface area (Å²) in [5.41, 5.74) is 0.819. The molecule has 0 radical (unpaired) electrons. The summed E-state index contributed by atoms with van der Waals surface area (Å²) in [6, 6.07) is 10.8. The number of anilines is 1. The third kappa shape index (κ3) is 5.05. The molecule has 1 saturated heterocycles. The number of nitrogens with zero attached hydrogens (tertiary/aromatic N) is 3. The maximum atomic E-state index is 12.9. The zero-order chi connectivity index (χ0) is 24.3. The first kappa shape index (κ1) is 23.7. The Hall–Kier alpha value is -3.44. The first-order valence-electron chi connectivity index (χ1n) is 10.8. The Labute approximate surface area is 197 Å². The summed E-state index contributed by atoms with van der Waals surface area (Å²) in [7, 11) is -0.536. The second-order valence-electron chi connectivity index (χ2n) is 8.10. The van der Waals surface area contributed by atoms with Crippen molar-refractivity contribution in [2.45, 2.75) is 24.7 Å². The summed E-state index contributed by atoms with van der Waals surface area (Å²) in [6.07, 6.45) is 1.86. The van der Waals surface area contributed by atoms with Gasteiger partial charge in [0.05, 0.1) is 19.1 Å². The minimum Gasteiger partial charge on any atom is -0.497 e. The first-order chi connectivity index (χ1) is 16.3. The average Bonchev–Trinajstić information content (AvgIpc) is 3.32. The largest absolute Gasteiger partial charge is 0.497 e. The lowest BCUT2D eigenvalue weighted by molar-refractivity contribution is 0.102. The van der Waals surface area contributed by atoms with E-state index in [4.69, 9.17) is 13.9 Å². The summed E-state index contributed by atoms with van der Waals surface area (Å²) in [6.45, 7) is 3.06. The highest BCUT2D eigenvalue weighted by Gasteiger charge is 2.28. The Bertz CT molecular complexity index is 1250. The van der Waals surface area contributed by atoms with E-state index < -0.39 is 15.9 Å². The van der Waals surface area contributed by atoms with Crippen LogP contribution in [-0.4, -0.2) is 56.1 Å². The number of carbonyl (C=O) groups is 1. The van der Waals surface area contributed by atoms with Gasteiger partial charge in [-0.3, -0.25) is 10.1 Å². The number of amides is 1. The van der Waals surface area contributed by atoms with Crippen LogP contribution in [0.4, 0.5) is 6.01 Å². The van der Waals surface area contributed by atoms with E-state index in [0.29, 0.717) is 36.1 Å². The van der Waals surface area contributed by atoms with Crippen LogP contribution in [0, 0.1) is 5.92 Å². The van der Waals surface area contributed by atoms with Crippen LogP contribution in [0.15, 0.2) is 51.8 Å². The molecule has 2 aromatic carbocycles. The van der Waals surface area contributed by atoms with Crippen molar-refractivity contribution in [3.63, 3.8) is 0 Å². The van der Waals surface area contributed by atoms with E-state index in [0.717, 1.165) is 12.8 Å². The van der Waals surface area contributed by atoms with Gasteiger partial charge in [-0.15, -0.1) is 5.10 Å².